The van der Waals surface area contributed by atoms with Crippen molar-refractivity contribution in [2.24, 2.45) is 0 Å². The van der Waals surface area contributed by atoms with Gasteiger partial charge in [0.1, 0.15) is 24.4 Å². The van der Waals surface area contributed by atoms with E-state index in [0.29, 0.717) is 22.6 Å². The highest BCUT2D eigenvalue weighted by molar-refractivity contribution is 9.10. The Morgan fingerprint density at radius 1 is 1.19 bits per heavy atom. The highest BCUT2D eigenvalue weighted by Gasteiger charge is 2.25. The first-order valence-electron chi connectivity index (χ1n) is 10.3. The maximum Gasteiger partial charge on any atom is 0.340 e. The molecule has 0 unspecified atom stereocenters. The molecule has 31 heavy (non-hydrogen) atoms. The van der Waals surface area contributed by atoms with Gasteiger partial charge in [0.2, 0.25) is 0 Å². The highest BCUT2D eigenvalue weighted by Crippen LogP contribution is 2.36. The van der Waals surface area contributed by atoms with Crippen molar-refractivity contribution in [2.45, 2.75) is 39.8 Å². The third kappa shape index (κ3) is 4.93. The van der Waals surface area contributed by atoms with Gasteiger partial charge in [-0.25, -0.2) is 4.79 Å². The molecule has 0 bridgehead atoms. The molecule has 0 saturated carbocycles. The van der Waals surface area contributed by atoms with Gasteiger partial charge >= 0.3 is 5.97 Å². The summed E-state index contributed by atoms with van der Waals surface area (Å²) in [4.78, 5) is 24.1. The lowest BCUT2D eigenvalue weighted by molar-refractivity contribution is 0.0525. The Hall–Kier alpha value is -2.80. The molecule has 0 aliphatic carbocycles. The summed E-state index contributed by atoms with van der Waals surface area (Å²) in [6.07, 6.45) is 2.73. The second-order valence-electron chi connectivity index (χ2n) is 7.03. The molecule has 0 aliphatic rings. The van der Waals surface area contributed by atoms with Crippen LogP contribution in [0.3, 0.4) is 0 Å². The van der Waals surface area contributed by atoms with Gasteiger partial charge in [0.25, 0.3) is 0 Å². The third-order valence-electron chi connectivity index (χ3n) is 5.03. The predicted octanol–water partition coefficient (Wildman–Crippen LogP) is 5.78. The largest absolute Gasteiger partial charge is 0.496 e. The van der Waals surface area contributed by atoms with Gasteiger partial charge in [0.05, 0.1) is 35.0 Å². The van der Waals surface area contributed by atoms with Crippen molar-refractivity contribution >= 4 is 39.1 Å². The molecule has 3 aromatic rings. The Morgan fingerprint density at radius 3 is 2.68 bits per heavy atom. The number of nitrogens with zero attached hydrogens (tertiary/aromatic N) is 1. The molecule has 0 atom stereocenters. The van der Waals surface area contributed by atoms with Crippen molar-refractivity contribution in [2.75, 3.05) is 13.7 Å². The van der Waals surface area contributed by atoms with Crippen LogP contribution in [-0.2, 0) is 17.9 Å². The van der Waals surface area contributed by atoms with E-state index in [9.17, 15) is 9.59 Å². The highest BCUT2D eigenvalue weighted by atomic mass is 79.9. The molecule has 0 fully saturated rings. The molecule has 3 rings (SSSR count). The summed E-state index contributed by atoms with van der Waals surface area (Å²) in [7, 11) is 1.59. The van der Waals surface area contributed by atoms with Crippen molar-refractivity contribution in [3.8, 4) is 11.5 Å². The van der Waals surface area contributed by atoms with Gasteiger partial charge < -0.3 is 18.8 Å². The van der Waals surface area contributed by atoms with E-state index in [1.54, 1.807) is 38.3 Å². The number of ether oxygens (including phenoxy) is 3. The van der Waals surface area contributed by atoms with Gasteiger partial charge in [0, 0.05) is 17.5 Å². The summed E-state index contributed by atoms with van der Waals surface area (Å²) in [5.41, 5.74) is 2.65. The van der Waals surface area contributed by atoms with E-state index < -0.39 is 5.97 Å². The van der Waals surface area contributed by atoms with Crippen LogP contribution in [0.5, 0.6) is 11.5 Å². The average molecular weight is 488 g/mol. The van der Waals surface area contributed by atoms with Gasteiger partial charge in [-0.3, -0.25) is 4.79 Å². The molecule has 0 amide bonds. The van der Waals surface area contributed by atoms with Crippen LogP contribution in [0.2, 0.25) is 0 Å². The lowest BCUT2D eigenvalue weighted by Gasteiger charge is -2.13. The van der Waals surface area contributed by atoms with Crippen LogP contribution in [0.1, 0.15) is 53.1 Å². The Bertz CT molecular complexity index is 1090. The molecule has 1 heterocycles. The molecule has 164 valence electrons. The Balaban J connectivity index is 2.15. The van der Waals surface area contributed by atoms with Crippen molar-refractivity contribution in [1.82, 2.24) is 4.57 Å². The van der Waals surface area contributed by atoms with Crippen LogP contribution in [-0.4, -0.2) is 30.5 Å². The molecule has 1 aromatic heterocycles. The number of aldehydes is 1. The number of unbranched alkanes of at least 4 members (excludes halogenated alkanes) is 1. The van der Waals surface area contributed by atoms with Gasteiger partial charge in [-0.15, -0.1) is 0 Å². The zero-order valence-electron chi connectivity index (χ0n) is 17.9. The lowest BCUT2D eigenvalue weighted by atomic mass is 10.1. The molecular weight excluding hydrogens is 462 g/mol. The van der Waals surface area contributed by atoms with E-state index in [2.05, 4.69) is 27.4 Å². The van der Waals surface area contributed by atoms with Crippen molar-refractivity contribution in [3.63, 3.8) is 0 Å². The summed E-state index contributed by atoms with van der Waals surface area (Å²) >= 11 is 3.55. The summed E-state index contributed by atoms with van der Waals surface area (Å²) in [6, 6.07) is 10.8. The fraction of sp³-hybridized carbons (Fsp3) is 0.333. The summed E-state index contributed by atoms with van der Waals surface area (Å²) < 4.78 is 19.8. The quantitative estimate of drug-likeness (QED) is 0.267. The second kappa shape index (κ2) is 10.5. The number of fused-ring (bicyclic) bond motifs is 1. The molecule has 7 heteroatoms. The number of aromatic nitrogens is 1. The van der Waals surface area contributed by atoms with Crippen LogP contribution in [0, 0.1) is 0 Å². The minimum absolute atomic E-state index is 0.161. The van der Waals surface area contributed by atoms with E-state index in [4.69, 9.17) is 14.2 Å². The lowest BCUT2D eigenvalue weighted by Crippen LogP contribution is -2.13. The third-order valence-corrected chi connectivity index (χ3v) is 5.65. The number of halogens is 1. The fourth-order valence-electron chi connectivity index (χ4n) is 3.54. The van der Waals surface area contributed by atoms with Crippen LogP contribution in [0.15, 0.2) is 40.9 Å². The number of carbonyl (C=O) groups excluding carboxylic acids is 2. The number of esters is 1. The van der Waals surface area contributed by atoms with Gasteiger partial charge in [0.15, 0.2) is 0 Å². The van der Waals surface area contributed by atoms with Crippen molar-refractivity contribution < 1.29 is 23.8 Å². The van der Waals surface area contributed by atoms with E-state index in [1.165, 1.54) is 0 Å². The Labute approximate surface area is 190 Å². The molecule has 0 N–H and O–H groups in total. The van der Waals surface area contributed by atoms with Crippen molar-refractivity contribution in [1.29, 1.82) is 0 Å². The topological polar surface area (TPSA) is 66.8 Å². The van der Waals surface area contributed by atoms with Crippen LogP contribution in [0.4, 0.5) is 0 Å². The van der Waals surface area contributed by atoms with Crippen LogP contribution < -0.4 is 9.47 Å². The van der Waals surface area contributed by atoms with Gasteiger partial charge in [-0.05, 0) is 53.5 Å². The molecule has 0 spiro atoms. The molecule has 0 saturated heterocycles. The Kier molecular flexibility index (Phi) is 7.74. The van der Waals surface area contributed by atoms with Gasteiger partial charge in [-0.2, -0.15) is 0 Å². The van der Waals surface area contributed by atoms with E-state index in [0.717, 1.165) is 46.7 Å². The van der Waals surface area contributed by atoms with Crippen LogP contribution >= 0.6 is 15.9 Å². The number of rotatable bonds is 10. The maximum atomic E-state index is 13.0. The zero-order chi connectivity index (χ0) is 22.4. The van der Waals surface area contributed by atoms with Crippen molar-refractivity contribution in [3.05, 3.63) is 57.7 Å². The number of carbonyl (C=O) groups is 2. The number of methoxy groups -OCH3 is 1. The standard InChI is InChI=1S/C24H26BrNO5/c1-4-6-10-26-20-13-19(25)22(29-3)12-18(20)23(24(28)30-5-2)21(26)15-31-17-9-7-8-16(11-17)14-27/h7-9,11-14H,4-6,10,15H2,1-3H3. The van der Waals surface area contributed by atoms with E-state index >= 15 is 0 Å². The first kappa shape index (κ1) is 22.9. The SMILES string of the molecule is CCCCn1c(COc2cccc(C=O)c2)c(C(=O)OCC)c2cc(OC)c(Br)cc21. The zero-order valence-corrected chi connectivity index (χ0v) is 19.5. The van der Waals surface area contributed by atoms with E-state index in [-0.39, 0.29) is 13.2 Å². The molecule has 0 radical (unpaired) electrons. The Morgan fingerprint density at radius 2 is 2.00 bits per heavy atom. The van der Waals surface area contributed by atoms with Gasteiger partial charge in [-0.1, -0.05) is 25.5 Å². The average Bonchev–Trinajstić information content (AvgIpc) is 3.07. The first-order valence-corrected chi connectivity index (χ1v) is 11.1. The number of hydrogen-bond acceptors (Lipinski definition) is 5. The summed E-state index contributed by atoms with van der Waals surface area (Å²) in [5, 5.41) is 0.759. The monoisotopic (exact) mass is 487 g/mol. The summed E-state index contributed by atoms with van der Waals surface area (Å²) in [6.45, 7) is 5.08. The second-order valence-corrected chi connectivity index (χ2v) is 7.88. The smallest absolute Gasteiger partial charge is 0.340 e. The number of benzene rings is 2. The minimum Gasteiger partial charge on any atom is -0.496 e. The maximum absolute atomic E-state index is 13.0. The molecule has 6 nitrogen and oxygen atoms in total. The molecule has 2 aromatic carbocycles. The van der Waals surface area contributed by atoms with E-state index in [1.807, 2.05) is 12.1 Å². The normalized spacial score (nSPS) is 10.8. The number of aryl methyl sites for hydroxylation is 1. The molecular formula is C24H26BrNO5. The number of hydrogen-bond donors (Lipinski definition) is 0. The summed E-state index contributed by atoms with van der Waals surface area (Å²) in [5.74, 6) is 0.801. The minimum atomic E-state index is -0.396. The molecule has 0 aliphatic heterocycles. The first-order chi connectivity index (χ1) is 15.0. The van der Waals surface area contributed by atoms with Crippen LogP contribution in [0.25, 0.3) is 10.9 Å². The fourth-order valence-corrected chi connectivity index (χ4v) is 4.03. The predicted molar refractivity (Wildman–Crippen MR) is 123 cm³/mol.